The molecule has 0 aliphatic heterocycles. The average Bonchev–Trinajstić information content (AvgIpc) is 2.50. The first-order valence-corrected chi connectivity index (χ1v) is 8.31. The van der Waals surface area contributed by atoms with E-state index in [-0.39, 0.29) is 17.4 Å². The summed E-state index contributed by atoms with van der Waals surface area (Å²) in [6.45, 7) is 4.58. The van der Waals surface area contributed by atoms with Crippen molar-refractivity contribution < 1.29 is 8.78 Å². The van der Waals surface area contributed by atoms with Gasteiger partial charge < -0.3 is 5.32 Å². The van der Waals surface area contributed by atoms with Crippen molar-refractivity contribution >= 4 is 0 Å². The Bertz CT molecular complexity index is 453. The van der Waals surface area contributed by atoms with Crippen LogP contribution < -0.4 is 5.32 Å². The molecule has 0 heterocycles. The summed E-state index contributed by atoms with van der Waals surface area (Å²) in [6.07, 6.45) is 8.01. The van der Waals surface area contributed by atoms with Gasteiger partial charge in [0.05, 0.1) is 0 Å². The van der Waals surface area contributed by atoms with Crippen molar-refractivity contribution in [3.63, 3.8) is 0 Å². The van der Waals surface area contributed by atoms with E-state index in [1.165, 1.54) is 44.2 Å². The van der Waals surface area contributed by atoms with Crippen LogP contribution in [0.25, 0.3) is 0 Å². The molecule has 1 atom stereocenters. The largest absolute Gasteiger partial charge is 0.310 e. The molecule has 0 saturated heterocycles. The minimum atomic E-state index is -0.414. The van der Waals surface area contributed by atoms with E-state index < -0.39 is 5.82 Å². The lowest BCUT2D eigenvalue weighted by molar-refractivity contribution is 0.293. The Morgan fingerprint density at radius 2 is 1.90 bits per heavy atom. The zero-order valence-corrected chi connectivity index (χ0v) is 13.2. The molecule has 1 nitrogen and oxygen atoms in total. The number of rotatable bonds is 6. The van der Waals surface area contributed by atoms with Crippen molar-refractivity contribution in [2.75, 3.05) is 6.54 Å². The summed E-state index contributed by atoms with van der Waals surface area (Å²) in [7, 11) is 0. The summed E-state index contributed by atoms with van der Waals surface area (Å²) >= 11 is 0. The maximum Gasteiger partial charge on any atom is 0.133 e. The molecule has 1 N–H and O–H groups in total. The maximum absolute atomic E-state index is 14.4. The van der Waals surface area contributed by atoms with E-state index in [9.17, 15) is 8.78 Å². The van der Waals surface area contributed by atoms with Gasteiger partial charge in [0.1, 0.15) is 11.6 Å². The molecule has 3 heteroatoms. The highest BCUT2D eigenvalue weighted by molar-refractivity contribution is 5.29. The first-order valence-electron chi connectivity index (χ1n) is 8.31. The maximum atomic E-state index is 14.4. The van der Waals surface area contributed by atoms with Crippen LogP contribution in [-0.4, -0.2) is 6.54 Å². The fraction of sp³-hybridized carbons (Fsp3) is 0.667. The molecule has 0 spiro atoms. The Morgan fingerprint density at radius 3 is 2.57 bits per heavy atom. The van der Waals surface area contributed by atoms with Crippen molar-refractivity contribution in [3.8, 4) is 0 Å². The Morgan fingerprint density at radius 1 is 1.19 bits per heavy atom. The van der Waals surface area contributed by atoms with Crippen LogP contribution in [0.1, 0.15) is 69.0 Å². The van der Waals surface area contributed by atoms with Gasteiger partial charge in [0.25, 0.3) is 0 Å². The van der Waals surface area contributed by atoms with Crippen LogP contribution in [0, 0.1) is 24.5 Å². The zero-order chi connectivity index (χ0) is 15.2. The van der Waals surface area contributed by atoms with Gasteiger partial charge in [0.15, 0.2) is 0 Å². The van der Waals surface area contributed by atoms with Crippen LogP contribution in [0.15, 0.2) is 12.1 Å². The molecule has 0 amide bonds. The van der Waals surface area contributed by atoms with Crippen LogP contribution in [0.5, 0.6) is 0 Å². The molecule has 118 valence electrons. The molecule has 1 aliphatic rings. The van der Waals surface area contributed by atoms with Crippen molar-refractivity contribution in [2.45, 2.75) is 64.8 Å². The molecular formula is C18H27F2N. The molecule has 1 aliphatic carbocycles. The van der Waals surface area contributed by atoms with E-state index in [4.69, 9.17) is 0 Å². The highest BCUT2D eigenvalue weighted by Crippen LogP contribution is 2.34. The minimum Gasteiger partial charge on any atom is -0.310 e. The summed E-state index contributed by atoms with van der Waals surface area (Å²) in [5.41, 5.74) is 0.771. The molecule has 1 aromatic carbocycles. The first-order chi connectivity index (χ1) is 10.1. The molecule has 21 heavy (non-hydrogen) atoms. The second-order valence-electron chi connectivity index (χ2n) is 6.34. The molecule has 0 bridgehead atoms. The van der Waals surface area contributed by atoms with Crippen molar-refractivity contribution in [3.05, 3.63) is 34.9 Å². The van der Waals surface area contributed by atoms with Crippen LogP contribution in [0.2, 0.25) is 0 Å². The number of benzene rings is 1. The van der Waals surface area contributed by atoms with Crippen molar-refractivity contribution in [1.82, 2.24) is 5.32 Å². The summed E-state index contributed by atoms with van der Waals surface area (Å²) < 4.78 is 28.6. The third kappa shape index (κ3) is 4.26. The third-order valence-electron chi connectivity index (χ3n) is 4.60. The molecule has 1 aromatic rings. The highest BCUT2D eigenvalue weighted by Gasteiger charge is 2.25. The number of halogens is 2. The number of hydrogen-bond acceptors (Lipinski definition) is 1. The van der Waals surface area contributed by atoms with Crippen LogP contribution in [0.3, 0.4) is 0 Å². The Labute approximate surface area is 127 Å². The van der Waals surface area contributed by atoms with Crippen LogP contribution in [-0.2, 0) is 0 Å². The summed E-state index contributed by atoms with van der Waals surface area (Å²) in [5, 5.41) is 3.36. The zero-order valence-electron chi connectivity index (χ0n) is 13.2. The van der Waals surface area contributed by atoms with Gasteiger partial charge in [-0.1, -0.05) is 45.1 Å². The molecule has 2 rings (SSSR count). The molecule has 0 aromatic heterocycles. The number of hydrogen-bond donors (Lipinski definition) is 1. The fourth-order valence-corrected chi connectivity index (χ4v) is 3.38. The van der Waals surface area contributed by atoms with Gasteiger partial charge >= 0.3 is 0 Å². The van der Waals surface area contributed by atoms with Gasteiger partial charge in [-0.25, -0.2) is 8.78 Å². The SMILES string of the molecule is CCCNC(CC1CCCCC1)c1c(F)ccc(C)c1F. The van der Waals surface area contributed by atoms with Crippen LogP contribution in [0.4, 0.5) is 8.78 Å². The van der Waals surface area contributed by atoms with E-state index in [1.807, 2.05) is 0 Å². The van der Waals surface area contributed by atoms with E-state index in [0.29, 0.717) is 11.5 Å². The Balaban J connectivity index is 2.20. The van der Waals surface area contributed by atoms with Crippen molar-refractivity contribution in [1.29, 1.82) is 0 Å². The van der Waals surface area contributed by atoms with E-state index in [1.54, 1.807) is 6.92 Å². The lowest BCUT2D eigenvalue weighted by Gasteiger charge is -2.28. The van der Waals surface area contributed by atoms with Gasteiger partial charge in [0.2, 0.25) is 0 Å². The molecule has 1 saturated carbocycles. The predicted molar refractivity (Wildman–Crippen MR) is 83.3 cm³/mol. The number of aryl methyl sites for hydroxylation is 1. The normalized spacial score (nSPS) is 17.9. The summed E-state index contributed by atoms with van der Waals surface area (Å²) in [5.74, 6) is -0.200. The third-order valence-corrected chi connectivity index (χ3v) is 4.60. The smallest absolute Gasteiger partial charge is 0.133 e. The second kappa shape index (κ2) is 7.88. The molecule has 1 unspecified atom stereocenters. The Hall–Kier alpha value is -0.960. The lowest BCUT2D eigenvalue weighted by Crippen LogP contribution is -2.27. The van der Waals surface area contributed by atoms with Gasteiger partial charge in [-0.15, -0.1) is 0 Å². The summed E-state index contributed by atoms with van der Waals surface area (Å²) in [4.78, 5) is 0. The van der Waals surface area contributed by atoms with Crippen LogP contribution >= 0.6 is 0 Å². The first kappa shape index (κ1) is 16.4. The predicted octanol–water partition coefficient (Wildman–Crippen LogP) is 5.28. The monoisotopic (exact) mass is 295 g/mol. The minimum absolute atomic E-state index is 0.201. The van der Waals surface area contributed by atoms with E-state index >= 15 is 0 Å². The summed E-state index contributed by atoms with van der Waals surface area (Å²) in [6, 6.07) is 2.72. The second-order valence-corrected chi connectivity index (χ2v) is 6.34. The number of nitrogens with one attached hydrogen (secondary N) is 1. The molecule has 0 radical (unpaired) electrons. The van der Waals surface area contributed by atoms with Gasteiger partial charge in [-0.3, -0.25) is 0 Å². The Kier molecular flexibility index (Phi) is 6.16. The van der Waals surface area contributed by atoms with E-state index in [2.05, 4.69) is 12.2 Å². The topological polar surface area (TPSA) is 12.0 Å². The highest BCUT2D eigenvalue weighted by atomic mass is 19.1. The van der Waals surface area contributed by atoms with Gasteiger partial charge in [-0.2, -0.15) is 0 Å². The quantitative estimate of drug-likeness (QED) is 0.752. The lowest BCUT2D eigenvalue weighted by atomic mass is 9.83. The fourth-order valence-electron chi connectivity index (χ4n) is 3.38. The van der Waals surface area contributed by atoms with Crippen molar-refractivity contribution in [2.24, 2.45) is 5.92 Å². The average molecular weight is 295 g/mol. The van der Waals surface area contributed by atoms with Gasteiger partial charge in [0, 0.05) is 11.6 Å². The van der Waals surface area contributed by atoms with Gasteiger partial charge in [-0.05, 0) is 43.9 Å². The molecular weight excluding hydrogens is 268 g/mol. The molecule has 1 fully saturated rings. The van der Waals surface area contributed by atoms with E-state index in [0.717, 1.165) is 19.4 Å². The standard InChI is InChI=1S/C18H27F2N/c1-3-11-21-16(12-14-7-5-4-6-8-14)17-15(19)10-9-13(2)18(17)20/h9-10,14,16,21H,3-8,11-12H2,1-2H3.